The number of aromatic nitrogens is 2. The number of carbonyl (C=O) groups is 3. The number of benzene rings is 1. The Morgan fingerprint density at radius 3 is 2.45 bits per heavy atom. The van der Waals surface area contributed by atoms with Crippen LogP contribution in [0.1, 0.15) is 20.2 Å². The van der Waals surface area contributed by atoms with E-state index in [2.05, 4.69) is 20.2 Å². The summed E-state index contributed by atoms with van der Waals surface area (Å²) in [6.07, 6.45) is 0. The van der Waals surface area contributed by atoms with E-state index in [0.717, 1.165) is 0 Å². The van der Waals surface area contributed by atoms with Crippen LogP contribution in [0.4, 0.5) is 5.69 Å². The van der Waals surface area contributed by atoms with E-state index in [1.807, 2.05) is 0 Å². The summed E-state index contributed by atoms with van der Waals surface area (Å²) in [5.74, 6) is -1.70. The van der Waals surface area contributed by atoms with Gasteiger partial charge in [-0.05, 0) is 35.8 Å². The second kappa shape index (κ2) is 6.76. The highest BCUT2D eigenvalue weighted by atomic mass is 32.1. The van der Waals surface area contributed by atoms with Gasteiger partial charge in [-0.25, -0.2) is 0 Å². The van der Waals surface area contributed by atoms with Gasteiger partial charge in [-0.15, -0.1) is 5.10 Å². The van der Waals surface area contributed by atoms with E-state index in [1.165, 1.54) is 14.2 Å². The molecule has 0 bridgehead atoms. The van der Waals surface area contributed by atoms with Gasteiger partial charge in [-0.2, -0.15) is 0 Å². The van der Waals surface area contributed by atoms with Crippen molar-refractivity contribution in [1.82, 2.24) is 14.9 Å². The van der Waals surface area contributed by atoms with E-state index in [4.69, 9.17) is 4.74 Å². The van der Waals surface area contributed by atoms with Crippen LogP contribution < -0.4 is 15.4 Å². The molecule has 0 aliphatic rings. The van der Waals surface area contributed by atoms with E-state index in [1.54, 1.807) is 24.3 Å². The van der Waals surface area contributed by atoms with Gasteiger partial charge in [-0.3, -0.25) is 14.4 Å². The number of Topliss-reactive ketones (excluding diaryl/α,β-unsaturated/α-hetero) is 1. The first kappa shape index (κ1) is 15.6. The van der Waals surface area contributed by atoms with Crippen molar-refractivity contribution in [2.45, 2.75) is 0 Å². The Morgan fingerprint density at radius 2 is 1.86 bits per heavy atom. The SMILES string of the molecule is CNC(=O)c1nnsc1C(=O)C(=O)Nc1ccc(OC)cc1. The third kappa shape index (κ3) is 3.26. The molecule has 0 fully saturated rings. The molecule has 8 nitrogen and oxygen atoms in total. The second-order valence-electron chi connectivity index (χ2n) is 4.04. The third-order valence-corrected chi connectivity index (χ3v) is 3.42. The smallest absolute Gasteiger partial charge is 0.297 e. The van der Waals surface area contributed by atoms with Crippen molar-refractivity contribution in [2.24, 2.45) is 0 Å². The average molecular weight is 320 g/mol. The maximum absolute atomic E-state index is 12.1. The third-order valence-electron chi connectivity index (χ3n) is 2.69. The fourth-order valence-corrected chi connectivity index (χ4v) is 2.17. The van der Waals surface area contributed by atoms with Crippen LogP contribution in [0.5, 0.6) is 5.75 Å². The average Bonchev–Trinajstić information content (AvgIpc) is 3.03. The van der Waals surface area contributed by atoms with Crippen LogP contribution in [0.25, 0.3) is 0 Å². The maximum atomic E-state index is 12.1. The summed E-state index contributed by atoms with van der Waals surface area (Å²) >= 11 is 0.694. The minimum absolute atomic E-state index is 0.106. The highest BCUT2D eigenvalue weighted by Crippen LogP contribution is 2.16. The number of nitrogens with one attached hydrogen (secondary N) is 2. The fourth-order valence-electron chi connectivity index (χ4n) is 1.57. The molecule has 0 spiro atoms. The van der Waals surface area contributed by atoms with Gasteiger partial charge in [-0.1, -0.05) is 4.49 Å². The molecule has 0 aliphatic heterocycles. The number of ether oxygens (including phenoxy) is 1. The standard InChI is InChI=1S/C13H12N4O4S/c1-14-12(19)9-11(22-17-16-9)10(18)13(20)15-7-3-5-8(21-2)6-4-7/h3-6H,1-2H3,(H,14,19)(H,15,20). The van der Waals surface area contributed by atoms with E-state index in [9.17, 15) is 14.4 Å². The number of hydrogen-bond acceptors (Lipinski definition) is 7. The summed E-state index contributed by atoms with van der Waals surface area (Å²) < 4.78 is 8.53. The lowest BCUT2D eigenvalue weighted by Crippen LogP contribution is -2.26. The normalized spacial score (nSPS) is 9.91. The minimum Gasteiger partial charge on any atom is -0.497 e. The Labute approximate surface area is 129 Å². The van der Waals surface area contributed by atoms with E-state index in [-0.39, 0.29) is 10.6 Å². The Kier molecular flexibility index (Phi) is 4.79. The van der Waals surface area contributed by atoms with Gasteiger partial charge in [0.05, 0.1) is 7.11 Å². The molecule has 22 heavy (non-hydrogen) atoms. The van der Waals surface area contributed by atoms with Crippen LogP contribution in [-0.4, -0.2) is 41.3 Å². The van der Waals surface area contributed by atoms with Gasteiger partial charge in [0.1, 0.15) is 10.6 Å². The fraction of sp³-hybridized carbons (Fsp3) is 0.154. The van der Waals surface area contributed by atoms with Crippen LogP contribution in [-0.2, 0) is 4.79 Å². The lowest BCUT2D eigenvalue weighted by Gasteiger charge is -2.05. The largest absolute Gasteiger partial charge is 0.497 e. The van der Waals surface area contributed by atoms with E-state index < -0.39 is 17.6 Å². The molecule has 2 rings (SSSR count). The molecule has 2 amide bonds. The number of amides is 2. The van der Waals surface area contributed by atoms with Crippen molar-refractivity contribution in [3.8, 4) is 5.75 Å². The predicted molar refractivity (Wildman–Crippen MR) is 79.3 cm³/mol. The molecule has 0 aliphatic carbocycles. The van der Waals surface area contributed by atoms with Crippen molar-refractivity contribution in [1.29, 1.82) is 0 Å². The van der Waals surface area contributed by atoms with Gasteiger partial charge in [0.2, 0.25) is 0 Å². The number of methoxy groups -OCH3 is 1. The summed E-state index contributed by atoms with van der Waals surface area (Å²) in [6, 6.07) is 6.47. The first-order valence-electron chi connectivity index (χ1n) is 6.11. The predicted octanol–water partition coefficient (Wildman–Crippen LogP) is 0.728. The molecule has 1 aromatic heterocycles. The molecule has 2 aromatic rings. The first-order valence-corrected chi connectivity index (χ1v) is 6.88. The Morgan fingerprint density at radius 1 is 1.18 bits per heavy atom. The zero-order valence-electron chi connectivity index (χ0n) is 11.7. The van der Waals surface area contributed by atoms with Gasteiger partial charge >= 0.3 is 0 Å². The zero-order valence-corrected chi connectivity index (χ0v) is 12.6. The molecule has 0 atom stereocenters. The summed E-state index contributed by atoms with van der Waals surface area (Å²) in [5, 5.41) is 8.33. The number of ketones is 1. The highest BCUT2D eigenvalue weighted by molar-refractivity contribution is 7.09. The zero-order chi connectivity index (χ0) is 16.1. The summed E-state index contributed by atoms with van der Waals surface area (Å²) in [5.41, 5.74) is 0.264. The van der Waals surface area contributed by atoms with E-state index in [0.29, 0.717) is 23.0 Å². The topological polar surface area (TPSA) is 110 Å². The molecule has 0 unspecified atom stereocenters. The van der Waals surface area contributed by atoms with Crippen LogP contribution >= 0.6 is 11.5 Å². The monoisotopic (exact) mass is 320 g/mol. The lowest BCUT2D eigenvalue weighted by molar-refractivity contribution is -0.112. The van der Waals surface area contributed by atoms with Crippen molar-refractivity contribution >= 4 is 34.8 Å². The van der Waals surface area contributed by atoms with Crippen molar-refractivity contribution in [3.05, 3.63) is 34.8 Å². The van der Waals surface area contributed by atoms with Gasteiger partial charge < -0.3 is 15.4 Å². The quantitative estimate of drug-likeness (QED) is 0.620. The number of hydrogen-bond donors (Lipinski definition) is 2. The molecular formula is C13H12N4O4S. The number of anilines is 1. The van der Waals surface area contributed by atoms with Crippen molar-refractivity contribution in [3.63, 3.8) is 0 Å². The maximum Gasteiger partial charge on any atom is 0.297 e. The molecule has 2 N–H and O–H groups in total. The Balaban J connectivity index is 2.14. The first-order chi connectivity index (χ1) is 10.6. The van der Waals surface area contributed by atoms with Gasteiger partial charge in [0.25, 0.3) is 17.6 Å². The van der Waals surface area contributed by atoms with Crippen LogP contribution in [0, 0.1) is 0 Å². The molecular weight excluding hydrogens is 308 g/mol. The van der Waals surface area contributed by atoms with Crippen LogP contribution in [0.2, 0.25) is 0 Å². The summed E-state index contributed by atoms with van der Waals surface area (Å²) in [4.78, 5) is 35.5. The molecule has 1 heterocycles. The van der Waals surface area contributed by atoms with Crippen LogP contribution in [0.15, 0.2) is 24.3 Å². The number of rotatable bonds is 5. The molecule has 9 heteroatoms. The van der Waals surface area contributed by atoms with Crippen LogP contribution in [0.3, 0.4) is 0 Å². The molecule has 0 saturated heterocycles. The molecule has 1 aromatic carbocycles. The Bertz CT molecular complexity index is 711. The number of nitrogens with zero attached hydrogens (tertiary/aromatic N) is 2. The Hall–Kier alpha value is -2.81. The summed E-state index contributed by atoms with van der Waals surface area (Å²) in [6.45, 7) is 0. The molecule has 114 valence electrons. The van der Waals surface area contributed by atoms with Gasteiger partial charge in [0.15, 0.2) is 5.69 Å². The highest BCUT2D eigenvalue weighted by Gasteiger charge is 2.26. The number of carbonyl (C=O) groups excluding carboxylic acids is 3. The minimum atomic E-state index is -0.874. The molecule has 0 radical (unpaired) electrons. The van der Waals surface area contributed by atoms with Crippen molar-refractivity contribution < 1.29 is 19.1 Å². The lowest BCUT2D eigenvalue weighted by atomic mass is 10.2. The van der Waals surface area contributed by atoms with Crippen molar-refractivity contribution in [2.75, 3.05) is 19.5 Å². The second-order valence-corrected chi connectivity index (χ2v) is 4.80. The van der Waals surface area contributed by atoms with E-state index >= 15 is 0 Å². The van der Waals surface area contributed by atoms with Gasteiger partial charge in [0, 0.05) is 12.7 Å². The molecule has 0 saturated carbocycles. The summed E-state index contributed by atoms with van der Waals surface area (Å²) in [7, 11) is 2.92.